The Hall–Kier alpha value is -2.58. The second kappa shape index (κ2) is 8.88. The minimum atomic E-state index is -0.613. The molecule has 150 valence electrons. The molecule has 1 aromatic rings. The Morgan fingerprint density at radius 1 is 1.26 bits per heavy atom. The SMILES string of the molecule is CCNC(=O)C(C)(C)CN=C(NCC)N1CCN(c2cnn(C)c2)C(=O)C1. The highest BCUT2D eigenvalue weighted by Gasteiger charge is 2.30. The molecule has 1 fully saturated rings. The van der Waals surface area contributed by atoms with E-state index in [2.05, 4.69) is 20.7 Å². The number of nitrogens with zero attached hydrogens (tertiary/aromatic N) is 5. The van der Waals surface area contributed by atoms with Gasteiger partial charge in [-0.15, -0.1) is 0 Å². The molecule has 0 saturated carbocycles. The summed E-state index contributed by atoms with van der Waals surface area (Å²) in [6.07, 6.45) is 3.53. The third kappa shape index (κ3) is 5.21. The first-order valence-corrected chi connectivity index (χ1v) is 9.39. The van der Waals surface area contributed by atoms with Gasteiger partial charge in [-0.05, 0) is 27.7 Å². The molecule has 0 aromatic carbocycles. The Bertz CT molecular complexity index is 696. The second-order valence-electron chi connectivity index (χ2n) is 7.25. The van der Waals surface area contributed by atoms with Crippen molar-refractivity contribution in [1.29, 1.82) is 0 Å². The van der Waals surface area contributed by atoms with E-state index in [-0.39, 0.29) is 18.4 Å². The summed E-state index contributed by atoms with van der Waals surface area (Å²) in [6, 6.07) is 0. The lowest BCUT2D eigenvalue weighted by atomic mass is 9.92. The Kier molecular flexibility index (Phi) is 6.81. The van der Waals surface area contributed by atoms with Crippen LogP contribution in [-0.2, 0) is 16.6 Å². The number of rotatable bonds is 6. The van der Waals surface area contributed by atoms with Gasteiger partial charge in [0.25, 0.3) is 0 Å². The van der Waals surface area contributed by atoms with E-state index < -0.39 is 5.41 Å². The molecule has 9 nitrogen and oxygen atoms in total. The first kappa shape index (κ1) is 20.7. The molecule has 0 bridgehead atoms. The van der Waals surface area contributed by atoms with Crippen LogP contribution < -0.4 is 15.5 Å². The van der Waals surface area contributed by atoms with Gasteiger partial charge in [-0.2, -0.15) is 5.10 Å². The van der Waals surface area contributed by atoms with Crippen LogP contribution in [-0.4, -0.2) is 71.7 Å². The molecule has 2 heterocycles. The lowest BCUT2D eigenvalue weighted by Crippen LogP contribution is -2.55. The van der Waals surface area contributed by atoms with E-state index in [1.807, 2.05) is 45.8 Å². The van der Waals surface area contributed by atoms with Gasteiger partial charge in [-0.25, -0.2) is 0 Å². The van der Waals surface area contributed by atoms with Gasteiger partial charge in [0, 0.05) is 39.4 Å². The summed E-state index contributed by atoms with van der Waals surface area (Å²) < 4.78 is 1.68. The number of anilines is 1. The van der Waals surface area contributed by atoms with Crippen LogP contribution in [0.3, 0.4) is 0 Å². The summed E-state index contributed by atoms with van der Waals surface area (Å²) in [4.78, 5) is 33.1. The van der Waals surface area contributed by atoms with E-state index >= 15 is 0 Å². The van der Waals surface area contributed by atoms with Crippen molar-refractivity contribution in [2.75, 3.05) is 44.2 Å². The molecule has 2 rings (SSSR count). The number of guanidine groups is 1. The van der Waals surface area contributed by atoms with Gasteiger partial charge in [-0.3, -0.25) is 19.3 Å². The van der Waals surface area contributed by atoms with E-state index in [4.69, 9.17) is 0 Å². The van der Waals surface area contributed by atoms with Gasteiger partial charge in [0.05, 0.1) is 23.8 Å². The number of carbonyl (C=O) groups is 2. The van der Waals surface area contributed by atoms with E-state index in [0.29, 0.717) is 38.7 Å². The standard InChI is InChI=1S/C18H31N7O2/c1-6-19-16(27)18(3,4)13-21-17(20-7-2)24-8-9-25(15(26)12-24)14-10-22-23(5)11-14/h10-11H,6-9,12-13H2,1-5H3,(H,19,27)(H,20,21). The number of aliphatic imine (C=N–C) groups is 1. The summed E-state index contributed by atoms with van der Waals surface area (Å²) in [5, 5.41) is 10.2. The summed E-state index contributed by atoms with van der Waals surface area (Å²) in [7, 11) is 1.83. The fraction of sp³-hybridized carbons (Fsp3) is 0.667. The zero-order valence-electron chi connectivity index (χ0n) is 16.9. The molecule has 2 N–H and O–H groups in total. The molecule has 0 unspecified atom stereocenters. The van der Waals surface area contributed by atoms with Crippen LogP contribution >= 0.6 is 0 Å². The lowest BCUT2D eigenvalue weighted by Gasteiger charge is -2.35. The zero-order chi connectivity index (χ0) is 20.0. The van der Waals surface area contributed by atoms with Crippen LogP contribution in [0, 0.1) is 5.41 Å². The largest absolute Gasteiger partial charge is 0.357 e. The molecule has 1 aliphatic rings. The molecular weight excluding hydrogens is 346 g/mol. The van der Waals surface area contributed by atoms with Gasteiger partial charge in [0.1, 0.15) is 6.54 Å². The number of amides is 2. The van der Waals surface area contributed by atoms with Crippen LogP contribution in [0.15, 0.2) is 17.4 Å². The first-order valence-electron chi connectivity index (χ1n) is 9.39. The monoisotopic (exact) mass is 377 g/mol. The average molecular weight is 377 g/mol. The summed E-state index contributed by atoms with van der Waals surface area (Å²) in [5.74, 6) is 0.638. The molecule has 1 aliphatic heterocycles. The minimum absolute atomic E-state index is 0.00263. The average Bonchev–Trinajstić information content (AvgIpc) is 3.04. The van der Waals surface area contributed by atoms with Crippen molar-refractivity contribution < 1.29 is 9.59 Å². The van der Waals surface area contributed by atoms with Crippen LogP contribution in [0.2, 0.25) is 0 Å². The Morgan fingerprint density at radius 3 is 2.52 bits per heavy atom. The number of piperazine rings is 1. The molecule has 1 saturated heterocycles. The second-order valence-corrected chi connectivity index (χ2v) is 7.25. The normalized spacial score (nSPS) is 15.9. The van der Waals surface area contributed by atoms with Crippen molar-refractivity contribution in [3.8, 4) is 0 Å². The van der Waals surface area contributed by atoms with E-state index in [1.54, 1.807) is 15.8 Å². The van der Waals surface area contributed by atoms with Gasteiger partial charge in [-0.1, -0.05) is 0 Å². The maximum absolute atomic E-state index is 12.6. The molecular formula is C18H31N7O2. The van der Waals surface area contributed by atoms with Gasteiger partial charge in [0.15, 0.2) is 5.96 Å². The zero-order valence-corrected chi connectivity index (χ0v) is 16.9. The maximum atomic E-state index is 12.6. The summed E-state index contributed by atoms with van der Waals surface area (Å²) in [5.41, 5.74) is 0.194. The maximum Gasteiger partial charge on any atom is 0.246 e. The number of hydrogen-bond acceptors (Lipinski definition) is 4. The molecule has 0 atom stereocenters. The predicted molar refractivity (Wildman–Crippen MR) is 106 cm³/mol. The number of nitrogens with one attached hydrogen (secondary N) is 2. The van der Waals surface area contributed by atoms with E-state index in [9.17, 15) is 9.59 Å². The summed E-state index contributed by atoms with van der Waals surface area (Å²) >= 11 is 0. The number of aromatic nitrogens is 2. The predicted octanol–water partition coefficient (Wildman–Crippen LogP) is 0.197. The lowest BCUT2D eigenvalue weighted by molar-refractivity contribution is -0.128. The molecule has 0 radical (unpaired) electrons. The van der Waals surface area contributed by atoms with Crippen molar-refractivity contribution in [3.05, 3.63) is 12.4 Å². The molecule has 0 aliphatic carbocycles. The molecule has 9 heteroatoms. The van der Waals surface area contributed by atoms with Crippen molar-refractivity contribution in [3.63, 3.8) is 0 Å². The number of hydrogen-bond donors (Lipinski definition) is 2. The van der Waals surface area contributed by atoms with Gasteiger partial charge in [0.2, 0.25) is 11.8 Å². The van der Waals surface area contributed by atoms with Crippen LogP contribution in [0.4, 0.5) is 5.69 Å². The fourth-order valence-corrected chi connectivity index (χ4v) is 2.84. The van der Waals surface area contributed by atoms with Gasteiger partial charge < -0.3 is 20.4 Å². The first-order chi connectivity index (χ1) is 12.8. The van der Waals surface area contributed by atoms with Crippen molar-refractivity contribution in [2.45, 2.75) is 27.7 Å². The van der Waals surface area contributed by atoms with E-state index in [0.717, 1.165) is 5.69 Å². The third-order valence-electron chi connectivity index (χ3n) is 4.43. The number of carbonyl (C=O) groups excluding carboxylic acids is 2. The topological polar surface area (TPSA) is 94.9 Å². The van der Waals surface area contributed by atoms with E-state index in [1.165, 1.54) is 0 Å². The Labute approximate surface area is 160 Å². The van der Waals surface area contributed by atoms with Crippen molar-refractivity contribution >= 4 is 23.5 Å². The van der Waals surface area contributed by atoms with Crippen molar-refractivity contribution in [2.24, 2.45) is 17.5 Å². The molecule has 27 heavy (non-hydrogen) atoms. The van der Waals surface area contributed by atoms with Crippen LogP contribution in [0.1, 0.15) is 27.7 Å². The Morgan fingerprint density at radius 2 is 1.96 bits per heavy atom. The fourth-order valence-electron chi connectivity index (χ4n) is 2.84. The smallest absolute Gasteiger partial charge is 0.246 e. The van der Waals surface area contributed by atoms with Crippen molar-refractivity contribution in [1.82, 2.24) is 25.3 Å². The highest BCUT2D eigenvalue weighted by atomic mass is 16.2. The summed E-state index contributed by atoms with van der Waals surface area (Å²) in [6.45, 7) is 10.7. The molecule has 2 amide bonds. The third-order valence-corrected chi connectivity index (χ3v) is 4.43. The highest BCUT2D eigenvalue weighted by molar-refractivity contribution is 5.98. The Balaban J connectivity index is 2.06. The van der Waals surface area contributed by atoms with Crippen LogP contribution in [0.25, 0.3) is 0 Å². The number of aryl methyl sites for hydroxylation is 1. The quantitative estimate of drug-likeness (QED) is 0.545. The van der Waals surface area contributed by atoms with Crippen LogP contribution in [0.5, 0.6) is 0 Å². The van der Waals surface area contributed by atoms with Gasteiger partial charge >= 0.3 is 0 Å². The minimum Gasteiger partial charge on any atom is -0.357 e. The molecule has 0 spiro atoms. The molecule has 1 aromatic heterocycles. The highest BCUT2D eigenvalue weighted by Crippen LogP contribution is 2.18.